The molecule has 0 aliphatic carbocycles. The number of halogens is 3. The number of carbonyl (C=O) groups is 1. The fourth-order valence-electron chi connectivity index (χ4n) is 1.47. The Morgan fingerprint density at radius 3 is 2.83 bits per heavy atom. The molecular weight excluding hydrogens is 412 g/mol. The lowest BCUT2D eigenvalue weighted by Gasteiger charge is -2.08. The van der Waals surface area contributed by atoms with Gasteiger partial charge in [-0.15, -0.1) is 5.10 Å². The molecule has 0 radical (unpaired) electrons. The van der Waals surface area contributed by atoms with E-state index in [1.807, 2.05) is 13.8 Å². The summed E-state index contributed by atoms with van der Waals surface area (Å²) in [6, 6.07) is 1.78. The molecule has 10 heteroatoms. The molecule has 0 saturated heterocycles. The molecule has 124 valence electrons. The predicted octanol–water partition coefficient (Wildman–Crippen LogP) is 4.10. The smallest absolute Gasteiger partial charge is 0.295 e. The summed E-state index contributed by atoms with van der Waals surface area (Å²) >= 11 is 5.39. The van der Waals surface area contributed by atoms with Crippen LogP contribution in [-0.2, 0) is 4.79 Å². The maximum atomic E-state index is 13.6. The Hall–Kier alpha value is -1.26. The van der Waals surface area contributed by atoms with Crippen molar-refractivity contribution in [2.45, 2.75) is 24.3 Å². The third-order valence-corrected chi connectivity index (χ3v) is 4.90. The maximum absolute atomic E-state index is 13.6. The summed E-state index contributed by atoms with van der Waals surface area (Å²) in [5.74, 6) is -2.01. The molecule has 2 aromatic rings. The van der Waals surface area contributed by atoms with E-state index < -0.39 is 17.5 Å². The van der Waals surface area contributed by atoms with Crippen LogP contribution in [0.1, 0.15) is 13.8 Å². The summed E-state index contributed by atoms with van der Waals surface area (Å²) in [5, 5.41) is 10.5. The molecule has 0 unspecified atom stereocenters. The van der Waals surface area contributed by atoms with Gasteiger partial charge in [0.15, 0.2) is 10.2 Å². The highest BCUT2D eigenvalue weighted by molar-refractivity contribution is 9.10. The number of benzene rings is 1. The molecule has 0 saturated carbocycles. The lowest BCUT2D eigenvalue weighted by molar-refractivity contribution is -0.113. The Kier molecular flexibility index (Phi) is 6.31. The van der Waals surface area contributed by atoms with Gasteiger partial charge in [-0.25, -0.2) is 8.78 Å². The molecule has 1 N–H and O–H groups in total. The molecule has 0 aliphatic rings. The van der Waals surface area contributed by atoms with Gasteiger partial charge < -0.3 is 10.1 Å². The van der Waals surface area contributed by atoms with Gasteiger partial charge in [-0.2, -0.15) is 0 Å². The van der Waals surface area contributed by atoms with Crippen LogP contribution in [0.3, 0.4) is 0 Å². The highest BCUT2D eigenvalue weighted by Gasteiger charge is 2.14. The first-order valence-electron chi connectivity index (χ1n) is 6.42. The zero-order valence-corrected chi connectivity index (χ0v) is 15.3. The van der Waals surface area contributed by atoms with Crippen LogP contribution in [0, 0.1) is 11.6 Å². The minimum atomic E-state index is -0.848. The molecule has 23 heavy (non-hydrogen) atoms. The molecule has 1 aromatic heterocycles. The van der Waals surface area contributed by atoms with Gasteiger partial charge in [0.25, 0.3) is 5.19 Å². The largest absolute Gasteiger partial charge is 0.466 e. The fraction of sp³-hybridized carbons (Fsp3) is 0.308. The number of nitrogens with zero attached hydrogens (tertiary/aromatic N) is 2. The average molecular weight is 424 g/mol. The standard InChI is InChI=1S/C13H12BrF2N3O2S2/c1-6(2)21-12-18-19-13(23-12)22-5-10(20)17-11-8(14)3-7(15)4-9(11)16/h3-4,6H,5H2,1-2H3,(H,17,20). The van der Waals surface area contributed by atoms with Crippen LogP contribution in [0.5, 0.6) is 5.19 Å². The first kappa shape index (κ1) is 18.1. The van der Waals surface area contributed by atoms with E-state index in [2.05, 4.69) is 31.4 Å². The van der Waals surface area contributed by atoms with Gasteiger partial charge in [0.2, 0.25) is 5.91 Å². The number of anilines is 1. The Balaban J connectivity index is 1.92. The summed E-state index contributed by atoms with van der Waals surface area (Å²) in [7, 11) is 0. The summed E-state index contributed by atoms with van der Waals surface area (Å²) in [6.07, 6.45) is -0.0112. The quantitative estimate of drug-likeness (QED) is 0.708. The molecule has 0 atom stereocenters. The van der Waals surface area contributed by atoms with Gasteiger partial charge in [0.1, 0.15) is 5.82 Å². The number of carbonyl (C=O) groups excluding carboxylic acids is 1. The molecule has 2 rings (SSSR count). The van der Waals surface area contributed by atoms with Crippen molar-refractivity contribution in [3.05, 3.63) is 28.2 Å². The molecule has 0 spiro atoms. The second kappa shape index (κ2) is 8.02. The van der Waals surface area contributed by atoms with Gasteiger partial charge in [-0.05, 0) is 47.2 Å². The van der Waals surface area contributed by atoms with Crippen molar-refractivity contribution in [3.8, 4) is 5.19 Å². The second-order valence-corrected chi connectivity index (χ2v) is 7.60. The highest BCUT2D eigenvalue weighted by atomic mass is 79.9. The second-order valence-electron chi connectivity index (χ2n) is 4.58. The van der Waals surface area contributed by atoms with Gasteiger partial charge >= 0.3 is 0 Å². The van der Waals surface area contributed by atoms with Crippen LogP contribution < -0.4 is 10.1 Å². The number of hydrogen-bond donors (Lipinski definition) is 1. The topological polar surface area (TPSA) is 64.1 Å². The Labute approximate surface area is 148 Å². The lowest BCUT2D eigenvalue weighted by Crippen LogP contribution is -2.15. The van der Waals surface area contributed by atoms with Crippen LogP contribution in [0.15, 0.2) is 20.9 Å². The molecular formula is C13H12BrF2N3O2S2. The van der Waals surface area contributed by atoms with Gasteiger partial charge in [-0.1, -0.05) is 16.9 Å². The van der Waals surface area contributed by atoms with E-state index in [9.17, 15) is 13.6 Å². The SMILES string of the molecule is CC(C)Oc1nnc(SCC(=O)Nc2c(F)cc(F)cc2Br)s1. The average Bonchev–Trinajstić information content (AvgIpc) is 2.87. The van der Waals surface area contributed by atoms with Gasteiger partial charge in [0.05, 0.1) is 17.5 Å². The fourth-order valence-corrected chi connectivity index (χ4v) is 3.58. The van der Waals surface area contributed by atoms with Gasteiger partial charge in [0, 0.05) is 10.5 Å². The van der Waals surface area contributed by atoms with Crippen LogP contribution in [0.25, 0.3) is 0 Å². The molecule has 0 aliphatic heterocycles. The minimum absolute atomic E-state index is 0.0112. The number of rotatable bonds is 6. The van der Waals surface area contributed by atoms with Crippen LogP contribution in [0.2, 0.25) is 0 Å². The molecule has 5 nitrogen and oxygen atoms in total. The van der Waals surface area contributed by atoms with E-state index >= 15 is 0 Å². The number of thioether (sulfide) groups is 1. The lowest BCUT2D eigenvalue weighted by atomic mass is 10.3. The molecule has 1 heterocycles. The first-order valence-corrected chi connectivity index (χ1v) is 9.02. The third kappa shape index (κ3) is 5.40. The zero-order chi connectivity index (χ0) is 17.0. The van der Waals surface area contributed by atoms with E-state index in [1.54, 1.807) is 0 Å². The number of nitrogens with one attached hydrogen (secondary N) is 1. The maximum Gasteiger partial charge on any atom is 0.295 e. The molecule has 0 fully saturated rings. The monoisotopic (exact) mass is 423 g/mol. The van der Waals surface area contributed by atoms with Crippen molar-refractivity contribution in [1.29, 1.82) is 0 Å². The zero-order valence-electron chi connectivity index (χ0n) is 12.1. The van der Waals surface area contributed by atoms with Crippen LogP contribution in [0.4, 0.5) is 14.5 Å². The van der Waals surface area contributed by atoms with Crippen molar-refractivity contribution in [3.63, 3.8) is 0 Å². The summed E-state index contributed by atoms with van der Waals surface area (Å²) in [4.78, 5) is 11.9. The number of ether oxygens (including phenoxy) is 1. The van der Waals surface area contributed by atoms with Crippen LogP contribution >= 0.6 is 39.0 Å². The van der Waals surface area contributed by atoms with Crippen molar-refractivity contribution in [1.82, 2.24) is 10.2 Å². The summed E-state index contributed by atoms with van der Waals surface area (Å²) in [6.45, 7) is 3.74. The molecule has 0 bridgehead atoms. The number of hydrogen-bond acceptors (Lipinski definition) is 6. The first-order chi connectivity index (χ1) is 10.8. The van der Waals surface area contributed by atoms with E-state index in [0.717, 1.165) is 17.8 Å². The van der Waals surface area contributed by atoms with Crippen molar-refractivity contribution in [2.75, 3.05) is 11.1 Å². The highest BCUT2D eigenvalue weighted by Crippen LogP contribution is 2.29. The minimum Gasteiger partial charge on any atom is -0.466 e. The van der Waals surface area contributed by atoms with E-state index in [0.29, 0.717) is 15.6 Å². The Bertz CT molecular complexity index is 689. The third-order valence-electron chi connectivity index (χ3n) is 2.32. The number of aromatic nitrogens is 2. The van der Waals surface area contributed by atoms with Crippen molar-refractivity contribution < 1.29 is 18.3 Å². The van der Waals surface area contributed by atoms with E-state index in [-0.39, 0.29) is 22.0 Å². The van der Waals surface area contributed by atoms with Crippen LogP contribution in [-0.4, -0.2) is 28.0 Å². The normalized spacial score (nSPS) is 10.9. The summed E-state index contributed by atoms with van der Waals surface area (Å²) in [5.41, 5.74) is -0.0990. The van der Waals surface area contributed by atoms with E-state index in [4.69, 9.17) is 4.74 Å². The molecule has 1 aromatic carbocycles. The van der Waals surface area contributed by atoms with Crippen molar-refractivity contribution >= 4 is 50.6 Å². The van der Waals surface area contributed by atoms with E-state index in [1.165, 1.54) is 11.3 Å². The predicted molar refractivity (Wildman–Crippen MR) is 89.1 cm³/mol. The number of amides is 1. The van der Waals surface area contributed by atoms with Gasteiger partial charge in [-0.3, -0.25) is 4.79 Å². The molecule has 1 amide bonds. The summed E-state index contributed by atoms with van der Waals surface area (Å²) < 4.78 is 32.7. The Morgan fingerprint density at radius 1 is 1.43 bits per heavy atom. The van der Waals surface area contributed by atoms with Crippen molar-refractivity contribution in [2.24, 2.45) is 0 Å². The Morgan fingerprint density at radius 2 is 2.17 bits per heavy atom.